The van der Waals surface area contributed by atoms with Gasteiger partial charge in [0.05, 0.1) is 0 Å². The number of hydrogen-bond acceptors (Lipinski definition) is 2. The molecule has 0 aliphatic rings. The van der Waals surface area contributed by atoms with E-state index in [0.717, 1.165) is 19.3 Å². The van der Waals surface area contributed by atoms with Gasteiger partial charge in [0.1, 0.15) is 0 Å². The molecule has 0 aliphatic carbocycles. The summed E-state index contributed by atoms with van der Waals surface area (Å²) in [4.78, 5) is 0. The number of rotatable bonds is 6. The summed E-state index contributed by atoms with van der Waals surface area (Å²) in [6.07, 6.45) is 5.12. The first-order valence-electron chi connectivity index (χ1n) is 5.93. The van der Waals surface area contributed by atoms with Gasteiger partial charge in [0.2, 0.25) is 0 Å². The predicted octanol–water partition coefficient (Wildman–Crippen LogP) is 3.93. The number of allylic oxidation sites excluding steroid dienone is 1. The van der Waals surface area contributed by atoms with Gasteiger partial charge in [-0.25, -0.2) is 0 Å². The van der Waals surface area contributed by atoms with E-state index in [1.807, 2.05) is 6.08 Å². The number of nitrogens with one attached hydrogen (secondary N) is 1. The normalized spacial score (nSPS) is 12.5. The lowest BCUT2D eigenvalue weighted by Gasteiger charge is -2.18. The van der Waals surface area contributed by atoms with E-state index in [9.17, 15) is 0 Å². The van der Waals surface area contributed by atoms with E-state index in [-0.39, 0.29) is 6.04 Å². The lowest BCUT2D eigenvalue weighted by Crippen LogP contribution is -2.28. The van der Waals surface area contributed by atoms with E-state index < -0.39 is 0 Å². The monoisotopic (exact) mass is 296 g/mol. The summed E-state index contributed by atoms with van der Waals surface area (Å²) in [5.74, 6) is 5.64. The molecule has 0 aliphatic heterocycles. The molecule has 1 unspecified atom stereocenters. The summed E-state index contributed by atoms with van der Waals surface area (Å²) in [7, 11) is 0. The highest BCUT2D eigenvalue weighted by Gasteiger charge is 2.11. The average Bonchev–Trinajstić information content (AvgIpc) is 2.31. The Hall–Kier alpha value is -0.640. The number of unbranched alkanes of at least 4 members (excludes halogenated alkanes) is 1. The Kier molecular flexibility index (Phi) is 5.89. The third-order valence-corrected chi connectivity index (χ3v) is 4.21. The maximum Gasteiger partial charge on any atom is 0.0460 e. The van der Waals surface area contributed by atoms with E-state index in [4.69, 9.17) is 5.84 Å². The van der Waals surface area contributed by atoms with Gasteiger partial charge in [-0.15, -0.1) is 6.58 Å². The van der Waals surface area contributed by atoms with Crippen LogP contribution in [0, 0.1) is 13.8 Å². The molecule has 1 aromatic rings. The van der Waals surface area contributed by atoms with Crippen molar-refractivity contribution in [3.05, 3.63) is 46.0 Å². The molecule has 1 rings (SSSR count). The number of benzene rings is 1. The second-order valence-electron chi connectivity index (χ2n) is 4.41. The van der Waals surface area contributed by atoms with Gasteiger partial charge in [0, 0.05) is 10.5 Å². The van der Waals surface area contributed by atoms with Gasteiger partial charge in [-0.2, -0.15) is 0 Å². The molecule has 3 N–H and O–H groups in total. The van der Waals surface area contributed by atoms with Gasteiger partial charge in [-0.05, 0) is 49.8 Å². The maximum absolute atomic E-state index is 5.64. The van der Waals surface area contributed by atoms with Crippen molar-refractivity contribution in [2.75, 3.05) is 0 Å². The fourth-order valence-electron chi connectivity index (χ4n) is 1.99. The van der Waals surface area contributed by atoms with Crippen molar-refractivity contribution < 1.29 is 0 Å². The van der Waals surface area contributed by atoms with E-state index >= 15 is 0 Å². The zero-order valence-electron chi connectivity index (χ0n) is 10.6. The van der Waals surface area contributed by atoms with Crippen molar-refractivity contribution in [2.24, 2.45) is 5.84 Å². The van der Waals surface area contributed by atoms with Crippen LogP contribution in [0.1, 0.15) is 42.0 Å². The second kappa shape index (κ2) is 6.94. The molecule has 0 spiro atoms. The maximum atomic E-state index is 5.64. The van der Waals surface area contributed by atoms with Crippen molar-refractivity contribution in [1.82, 2.24) is 5.43 Å². The van der Waals surface area contributed by atoms with Crippen LogP contribution >= 0.6 is 15.9 Å². The summed E-state index contributed by atoms with van der Waals surface area (Å²) < 4.78 is 1.18. The summed E-state index contributed by atoms with van der Waals surface area (Å²) in [5.41, 5.74) is 6.67. The number of aryl methyl sites for hydroxylation is 2. The summed E-state index contributed by atoms with van der Waals surface area (Å²) in [6.45, 7) is 7.96. The van der Waals surface area contributed by atoms with Crippen molar-refractivity contribution in [1.29, 1.82) is 0 Å². The van der Waals surface area contributed by atoms with Crippen LogP contribution in [0.25, 0.3) is 0 Å². The summed E-state index contributed by atoms with van der Waals surface area (Å²) in [5, 5.41) is 0. The van der Waals surface area contributed by atoms with Crippen molar-refractivity contribution in [2.45, 2.75) is 39.2 Å². The predicted molar refractivity (Wildman–Crippen MR) is 77.7 cm³/mol. The van der Waals surface area contributed by atoms with Crippen LogP contribution in [0.5, 0.6) is 0 Å². The number of nitrogens with two attached hydrogens (primary N) is 1. The largest absolute Gasteiger partial charge is 0.271 e. The highest BCUT2D eigenvalue weighted by atomic mass is 79.9. The molecule has 17 heavy (non-hydrogen) atoms. The smallest absolute Gasteiger partial charge is 0.0460 e. The quantitative estimate of drug-likeness (QED) is 0.361. The molecule has 3 heteroatoms. The lowest BCUT2D eigenvalue weighted by atomic mass is 9.98. The minimum atomic E-state index is 0.223. The molecule has 0 fully saturated rings. The van der Waals surface area contributed by atoms with Crippen LogP contribution in [-0.4, -0.2) is 0 Å². The van der Waals surface area contributed by atoms with Crippen LogP contribution in [-0.2, 0) is 0 Å². The van der Waals surface area contributed by atoms with Gasteiger partial charge < -0.3 is 0 Å². The first-order valence-corrected chi connectivity index (χ1v) is 6.73. The molecule has 0 saturated carbocycles. The molecule has 1 aromatic carbocycles. The Morgan fingerprint density at radius 3 is 2.47 bits per heavy atom. The van der Waals surface area contributed by atoms with E-state index in [2.05, 4.69) is 53.9 Å². The molecular weight excluding hydrogens is 276 g/mol. The number of hydrazine groups is 1. The molecule has 0 bridgehead atoms. The second-order valence-corrected chi connectivity index (χ2v) is 5.20. The van der Waals surface area contributed by atoms with Gasteiger partial charge in [-0.3, -0.25) is 11.3 Å². The van der Waals surface area contributed by atoms with Crippen LogP contribution in [0.4, 0.5) is 0 Å². The highest BCUT2D eigenvalue weighted by molar-refractivity contribution is 9.10. The lowest BCUT2D eigenvalue weighted by molar-refractivity contribution is 0.500. The van der Waals surface area contributed by atoms with E-state index in [1.165, 1.54) is 21.2 Å². The highest BCUT2D eigenvalue weighted by Crippen LogP contribution is 2.27. The third kappa shape index (κ3) is 3.95. The number of halogens is 1. The van der Waals surface area contributed by atoms with Gasteiger partial charge >= 0.3 is 0 Å². The van der Waals surface area contributed by atoms with Crippen LogP contribution in [0.3, 0.4) is 0 Å². The molecule has 0 saturated heterocycles. The minimum Gasteiger partial charge on any atom is -0.271 e. The van der Waals surface area contributed by atoms with E-state index in [0.29, 0.717) is 0 Å². The van der Waals surface area contributed by atoms with Crippen LogP contribution < -0.4 is 11.3 Å². The standard InChI is InChI=1S/C14H21BrN2/c1-4-5-6-7-13(17-16)12-8-10(2)14(15)11(3)9-12/h4,8-9,13,17H,1,5-7,16H2,2-3H3. The Balaban J connectivity index is 2.84. The minimum absolute atomic E-state index is 0.223. The number of hydrogen-bond donors (Lipinski definition) is 2. The van der Waals surface area contributed by atoms with Gasteiger partial charge in [0.15, 0.2) is 0 Å². The zero-order valence-corrected chi connectivity index (χ0v) is 12.2. The first kappa shape index (κ1) is 14.4. The molecule has 0 amide bonds. The van der Waals surface area contributed by atoms with Crippen molar-refractivity contribution >= 4 is 15.9 Å². The Morgan fingerprint density at radius 1 is 1.41 bits per heavy atom. The topological polar surface area (TPSA) is 38.0 Å². The molecule has 94 valence electrons. The Bertz CT molecular complexity index is 365. The fourth-order valence-corrected chi connectivity index (χ4v) is 2.22. The SMILES string of the molecule is C=CCCCC(NN)c1cc(C)c(Br)c(C)c1. The average molecular weight is 297 g/mol. The fraction of sp³-hybridized carbons (Fsp3) is 0.429. The molecule has 1 atom stereocenters. The Labute approximate surface area is 112 Å². The molecule has 0 aromatic heterocycles. The zero-order chi connectivity index (χ0) is 12.8. The van der Waals surface area contributed by atoms with Gasteiger partial charge in [-0.1, -0.05) is 34.1 Å². The third-order valence-electron chi connectivity index (χ3n) is 2.96. The Morgan fingerprint density at radius 2 is 2.00 bits per heavy atom. The van der Waals surface area contributed by atoms with E-state index in [1.54, 1.807) is 0 Å². The molecular formula is C14H21BrN2. The first-order chi connectivity index (χ1) is 8.10. The summed E-state index contributed by atoms with van der Waals surface area (Å²) in [6, 6.07) is 4.60. The van der Waals surface area contributed by atoms with Crippen molar-refractivity contribution in [3.8, 4) is 0 Å². The molecule has 0 radical (unpaired) electrons. The van der Waals surface area contributed by atoms with Gasteiger partial charge in [0.25, 0.3) is 0 Å². The van der Waals surface area contributed by atoms with Crippen LogP contribution in [0.2, 0.25) is 0 Å². The molecule has 2 nitrogen and oxygen atoms in total. The van der Waals surface area contributed by atoms with Crippen LogP contribution in [0.15, 0.2) is 29.3 Å². The van der Waals surface area contributed by atoms with Crippen molar-refractivity contribution in [3.63, 3.8) is 0 Å². The molecule has 0 heterocycles. The summed E-state index contributed by atoms with van der Waals surface area (Å²) >= 11 is 3.58.